The van der Waals surface area contributed by atoms with Crippen LogP contribution in [0.4, 0.5) is 5.69 Å². The van der Waals surface area contributed by atoms with Gasteiger partial charge in [-0.3, -0.25) is 19.8 Å². The highest BCUT2D eigenvalue weighted by Gasteiger charge is 2.22. The molecule has 0 radical (unpaired) electrons. The number of carbonyl (C=O) groups excluding carboxylic acids is 1. The molecule has 1 fully saturated rings. The zero-order chi connectivity index (χ0) is 19.2. The van der Waals surface area contributed by atoms with E-state index in [1.165, 1.54) is 18.2 Å². The minimum absolute atomic E-state index is 0.00414. The molecule has 0 aromatic heterocycles. The molecule has 2 aromatic carbocycles. The zero-order valence-corrected chi connectivity index (χ0v) is 15.4. The number of nitrogens with one attached hydrogen (secondary N) is 1. The van der Waals surface area contributed by atoms with E-state index in [1.807, 2.05) is 30.3 Å². The van der Waals surface area contributed by atoms with Gasteiger partial charge in [-0.05, 0) is 17.7 Å². The van der Waals surface area contributed by atoms with Crippen LogP contribution in [0.2, 0.25) is 5.02 Å². The van der Waals surface area contributed by atoms with Crippen molar-refractivity contribution in [2.45, 2.75) is 6.04 Å². The first kappa shape index (κ1) is 19.3. The largest absolute Gasteiger partial charge is 0.379 e. The lowest BCUT2D eigenvalue weighted by Gasteiger charge is -2.31. The summed E-state index contributed by atoms with van der Waals surface area (Å²) in [5, 5.41) is 14.1. The molecule has 8 heteroatoms. The van der Waals surface area contributed by atoms with Gasteiger partial charge in [0.25, 0.3) is 11.6 Å². The van der Waals surface area contributed by atoms with Crippen LogP contribution < -0.4 is 5.32 Å². The van der Waals surface area contributed by atoms with Gasteiger partial charge in [0.1, 0.15) is 5.02 Å². The van der Waals surface area contributed by atoms with Gasteiger partial charge < -0.3 is 10.1 Å². The van der Waals surface area contributed by atoms with Crippen LogP contribution in [-0.2, 0) is 4.74 Å². The molecule has 1 amide bonds. The zero-order valence-electron chi connectivity index (χ0n) is 14.6. The molecule has 0 bridgehead atoms. The van der Waals surface area contributed by atoms with Crippen LogP contribution >= 0.6 is 11.6 Å². The molecule has 0 aliphatic carbocycles. The fraction of sp³-hybridized carbons (Fsp3) is 0.316. The Labute approximate surface area is 162 Å². The number of carbonyl (C=O) groups is 1. The maximum absolute atomic E-state index is 12.7. The van der Waals surface area contributed by atoms with E-state index < -0.39 is 4.92 Å². The van der Waals surface area contributed by atoms with Crippen molar-refractivity contribution in [1.82, 2.24) is 10.2 Å². The number of nitro groups is 1. The number of amides is 1. The third-order valence-corrected chi connectivity index (χ3v) is 4.78. The van der Waals surface area contributed by atoms with E-state index in [4.69, 9.17) is 16.3 Å². The number of hydrogen-bond donors (Lipinski definition) is 1. The fourth-order valence-electron chi connectivity index (χ4n) is 3.00. The summed E-state index contributed by atoms with van der Waals surface area (Å²) in [5.41, 5.74) is 0.892. The van der Waals surface area contributed by atoms with Crippen LogP contribution in [0.15, 0.2) is 48.5 Å². The van der Waals surface area contributed by atoms with Crippen LogP contribution in [-0.4, -0.2) is 48.6 Å². The summed E-state index contributed by atoms with van der Waals surface area (Å²) in [6.07, 6.45) is 0. The highest BCUT2D eigenvalue weighted by molar-refractivity contribution is 6.32. The van der Waals surface area contributed by atoms with Crippen molar-refractivity contribution in [2.75, 3.05) is 32.8 Å². The molecule has 1 atom stereocenters. The van der Waals surface area contributed by atoms with Gasteiger partial charge in [-0.1, -0.05) is 41.9 Å². The monoisotopic (exact) mass is 389 g/mol. The molecular weight excluding hydrogens is 370 g/mol. The molecule has 1 N–H and O–H groups in total. The average Bonchev–Trinajstić information content (AvgIpc) is 2.69. The molecule has 3 rings (SSSR count). The predicted octanol–water partition coefficient (Wildman–Crippen LogP) is 3.05. The second kappa shape index (κ2) is 8.94. The van der Waals surface area contributed by atoms with Gasteiger partial charge in [0.15, 0.2) is 0 Å². The summed E-state index contributed by atoms with van der Waals surface area (Å²) >= 11 is 5.83. The molecule has 2 aromatic rings. The lowest BCUT2D eigenvalue weighted by Crippen LogP contribution is -2.43. The lowest BCUT2D eigenvalue weighted by molar-refractivity contribution is -0.384. The summed E-state index contributed by atoms with van der Waals surface area (Å²) in [4.78, 5) is 25.4. The summed E-state index contributed by atoms with van der Waals surface area (Å²) in [7, 11) is 0. The van der Waals surface area contributed by atoms with E-state index in [0.29, 0.717) is 19.8 Å². The normalized spacial score (nSPS) is 15.9. The third-order valence-electron chi connectivity index (χ3n) is 4.46. The van der Waals surface area contributed by atoms with Gasteiger partial charge in [-0.15, -0.1) is 0 Å². The smallest absolute Gasteiger partial charge is 0.288 e. The number of nitro benzene ring substituents is 1. The van der Waals surface area contributed by atoms with Crippen molar-refractivity contribution in [1.29, 1.82) is 0 Å². The number of hydrogen-bond acceptors (Lipinski definition) is 5. The maximum Gasteiger partial charge on any atom is 0.288 e. The average molecular weight is 390 g/mol. The molecule has 1 unspecified atom stereocenters. The molecule has 0 spiro atoms. The number of morpholine rings is 1. The van der Waals surface area contributed by atoms with Crippen molar-refractivity contribution in [3.05, 3.63) is 74.8 Å². The van der Waals surface area contributed by atoms with Crippen molar-refractivity contribution < 1.29 is 14.5 Å². The summed E-state index contributed by atoms with van der Waals surface area (Å²) in [6.45, 7) is 3.56. The summed E-state index contributed by atoms with van der Waals surface area (Å²) in [6, 6.07) is 13.5. The van der Waals surface area contributed by atoms with Crippen LogP contribution in [0, 0.1) is 10.1 Å². The molecule has 7 nitrogen and oxygen atoms in total. The number of benzene rings is 2. The summed E-state index contributed by atoms with van der Waals surface area (Å²) < 4.78 is 5.38. The SMILES string of the molecule is O=C(NC(CN1CCOCC1)c1ccccc1)c1ccc(Cl)c([N+](=O)[O-])c1. The van der Waals surface area contributed by atoms with Crippen molar-refractivity contribution >= 4 is 23.2 Å². The minimum atomic E-state index is -0.596. The van der Waals surface area contributed by atoms with Gasteiger partial charge in [-0.2, -0.15) is 0 Å². The topological polar surface area (TPSA) is 84.7 Å². The Morgan fingerprint density at radius 2 is 1.93 bits per heavy atom. The van der Waals surface area contributed by atoms with Crippen LogP contribution in [0.3, 0.4) is 0 Å². The molecule has 27 heavy (non-hydrogen) atoms. The molecule has 142 valence electrons. The van der Waals surface area contributed by atoms with Crippen molar-refractivity contribution in [3.8, 4) is 0 Å². The number of rotatable bonds is 6. The van der Waals surface area contributed by atoms with Crippen LogP contribution in [0.1, 0.15) is 22.0 Å². The highest BCUT2D eigenvalue weighted by atomic mass is 35.5. The first-order valence-electron chi connectivity index (χ1n) is 8.64. The molecule has 1 heterocycles. The second-order valence-corrected chi connectivity index (χ2v) is 6.68. The van der Waals surface area contributed by atoms with E-state index in [9.17, 15) is 14.9 Å². The van der Waals surface area contributed by atoms with E-state index >= 15 is 0 Å². The van der Waals surface area contributed by atoms with E-state index in [0.717, 1.165) is 18.7 Å². The fourth-order valence-corrected chi connectivity index (χ4v) is 3.18. The van der Waals surface area contributed by atoms with Gasteiger partial charge in [0, 0.05) is 31.3 Å². The van der Waals surface area contributed by atoms with E-state index in [-0.39, 0.29) is 28.2 Å². The maximum atomic E-state index is 12.7. The van der Waals surface area contributed by atoms with Crippen LogP contribution in [0.5, 0.6) is 0 Å². The first-order valence-corrected chi connectivity index (χ1v) is 9.02. The van der Waals surface area contributed by atoms with Gasteiger partial charge in [0.05, 0.1) is 24.2 Å². The molecule has 1 aliphatic heterocycles. The Balaban J connectivity index is 1.79. The standard InChI is InChI=1S/C19H20ClN3O4/c20-16-7-6-15(12-18(16)23(25)26)19(24)21-17(14-4-2-1-3-5-14)13-22-8-10-27-11-9-22/h1-7,12,17H,8-11,13H2,(H,21,24). The minimum Gasteiger partial charge on any atom is -0.379 e. The quantitative estimate of drug-likeness (QED) is 0.606. The number of ether oxygens (including phenoxy) is 1. The predicted molar refractivity (Wildman–Crippen MR) is 102 cm³/mol. The molecule has 0 saturated carbocycles. The Hall–Kier alpha value is -2.48. The Morgan fingerprint density at radius 3 is 2.59 bits per heavy atom. The van der Waals surface area contributed by atoms with Crippen LogP contribution in [0.25, 0.3) is 0 Å². The van der Waals surface area contributed by atoms with Crippen molar-refractivity contribution in [3.63, 3.8) is 0 Å². The Morgan fingerprint density at radius 1 is 1.22 bits per heavy atom. The lowest BCUT2D eigenvalue weighted by atomic mass is 10.1. The molecule has 1 aliphatic rings. The Kier molecular flexibility index (Phi) is 6.39. The van der Waals surface area contributed by atoms with Gasteiger partial charge >= 0.3 is 0 Å². The third kappa shape index (κ3) is 5.03. The number of nitrogens with zero attached hydrogens (tertiary/aromatic N) is 2. The van der Waals surface area contributed by atoms with Gasteiger partial charge in [0.2, 0.25) is 0 Å². The van der Waals surface area contributed by atoms with E-state index in [2.05, 4.69) is 10.2 Å². The summed E-state index contributed by atoms with van der Waals surface area (Å²) in [5.74, 6) is -0.378. The van der Waals surface area contributed by atoms with E-state index in [1.54, 1.807) is 0 Å². The number of halogens is 1. The second-order valence-electron chi connectivity index (χ2n) is 6.27. The molecule has 1 saturated heterocycles. The van der Waals surface area contributed by atoms with Crippen molar-refractivity contribution in [2.24, 2.45) is 0 Å². The van der Waals surface area contributed by atoms with Gasteiger partial charge in [-0.25, -0.2) is 0 Å². The Bertz CT molecular complexity index is 810. The molecular formula is C19H20ClN3O4. The highest BCUT2D eigenvalue weighted by Crippen LogP contribution is 2.25. The first-order chi connectivity index (χ1) is 13.0.